The van der Waals surface area contributed by atoms with Gasteiger partial charge in [0.25, 0.3) is 16.2 Å². The molecule has 0 fully saturated rings. The molecule has 3 heterocycles. The summed E-state index contributed by atoms with van der Waals surface area (Å²) in [4.78, 5) is 26.4. The number of carbonyl (C=O) groups is 2. The molecule has 2 aliphatic carbocycles. The highest BCUT2D eigenvalue weighted by Gasteiger charge is 2.42. The lowest BCUT2D eigenvalue weighted by molar-refractivity contribution is -0.140. The van der Waals surface area contributed by atoms with Crippen LogP contribution in [0, 0.1) is 0 Å². The monoisotopic (exact) mass is 661 g/mol. The summed E-state index contributed by atoms with van der Waals surface area (Å²) in [5.74, 6) is -1.03. The predicted molar refractivity (Wildman–Crippen MR) is 178 cm³/mol. The third kappa shape index (κ3) is 4.73. The van der Waals surface area contributed by atoms with Crippen molar-refractivity contribution < 1.29 is 37.2 Å². The Balaban J connectivity index is 1.37. The second kappa shape index (κ2) is 11.0. The molecule has 5 aliphatic rings. The van der Waals surface area contributed by atoms with Crippen LogP contribution in [-0.4, -0.2) is 53.2 Å². The molecular weight excluding hydrogens is 632 g/mol. The van der Waals surface area contributed by atoms with Crippen molar-refractivity contribution in [3.8, 4) is 22.5 Å². The van der Waals surface area contributed by atoms with Gasteiger partial charge >= 0.3 is 11.9 Å². The van der Waals surface area contributed by atoms with Gasteiger partial charge in [0.2, 0.25) is 11.0 Å². The van der Waals surface area contributed by atoms with Crippen LogP contribution >= 0.6 is 0 Å². The van der Waals surface area contributed by atoms with Crippen LogP contribution in [0.25, 0.3) is 28.5 Å². The van der Waals surface area contributed by atoms with E-state index >= 15 is 0 Å². The Bertz CT molecular complexity index is 2360. The van der Waals surface area contributed by atoms with Gasteiger partial charge in [-0.05, 0) is 23.8 Å². The van der Waals surface area contributed by atoms with Gasteiger partial charge in [-0.2, -0.15) is 13.0 Å². The van der Waals surface area contributed by atoms with E-state index < -0.39 is 40.2 Å². The van der Waals surface area contributed by atoms with Crippen molar-refractivity contribution in [2.45, 2.75) is 42.3 Å². The summed E-state index contributed by atoms with van der Waals surface area (Å²) < 4.78 is 43.8. The van der Waals surface area contributed by atoms with Gasteiger partial charge in [-0.1, -0.05) is 66.7 Å². The summed E-state index contributed by atoms with van der Waals surface area (Å²) in [5, 5.41) is 20.9. The van der Waals surface area contributed by atoms with Crippen LogP contribution in [0.3, 0.4) is 0 Å². The molecule has 0 aromatic heterocycles. The van der Waals surface area contributed by atoms with Gasteiger partial charge in [0.1, 0.15) is 22.5 Å². The fourth-order valence-electron chi connectivity index (χ4n) is 7.53. The zero-order chi connectivity index (χ0) is 33.3. The lowest BCUT2D eigenvalue weighted by atomic mass is 9.87. The van der Waals surface area contributed by atoms with Crippen molar-refractivity contribution in [3.63, 3.8) is 0 Å². The van der Waals surface area contributed by atoms with Gasteiger partial charge in [0, 0.05) is 58.5 Å². The average Bonchev–Trinajstić information content (AvgIpc) is 3.66. The highest BCUT2D eigenvalue weighted by molar-refractivity contribution is 7.86. The standard InChI is InChI=1S/C37H28N2O8S/c40-36(41)30-17-21-7-1-4-10-28(21)38(30)23-13-15-25-32(19-23)47-33-20-24(39-29-11-5-2-8-22(29)18-31(39)37(42)43)14-16-26(33)35(25)27-9-3-6-12-34(27)48(44,45)46/h1-16,19,24,30-31H,17-18,20H2,(H2-,40,41,42,43,44,45,46)/p+1. The topological polar surface area (TPSA) is 148 Å². The molecule has 3 aromatic carbocycles. The minimum atomic E-state index is -4.62. The largest absolute Gasteiger partial charge is 0.480 e. The van der Waals surface area contributed by atoms with Crippen LogP contribution in [-0.2, 0) is 39.0 Å². The van der Waals surface area contributed by atoms with Crippen LogP contribution in [0.5, 0.6) is 0 Å². The Kier molecular flexibility index (Phi) is 6.86. The lowest BCUT2D eigenvalue weighted by Crippen LogP contribution is -2.46. The summed E-state index contributed by atoms with van der Waals surface area (Å²) in [6.45, 7) is 0. The summed E-state index contributed by atoms with van der Waals surface area (Å²) in [5.41, 5.74) is 5.41. The molecule has 0 saturated carbocycles. The van der Waals surface area contributed by atoms with Crippen molar-refractivity contribution in [3.05, 3.63) is 125 Å². The molecule has 0 spiro atoms. The van der Waals surface area contributed by atoms with Crippen molar-refractivity contribution in [1.29, 1.82) is 0 Å². The summed E-state index contributed by atoms with van der Waals surface area (Å²) in [6.07, 6.45) is 4.69. The Morgan fingerprint density at radius 2 is 1.54 bits per heavy atom. The molecule has 48 heavy (non-hydrogen) atoms. The molecule has 8 rings (SSSR count). The summed E-state index contributed by atoms with van der Waals surface area (Å²) in [6, 6.07) is 24.6. The quantitative estimate of drug-likeness (QED) is 0.177. The van der Waals surface area contributed by atoms with Crippen LogP contribution < -0.4 is 14.8 Å². The van der Waals surface area contributed by atoms with Gasteiger partial charge in [0.15, 0.2) is 0 Å². The number of para-hydroxylation sites is 2. The van der Waals surface area contributed by atoms with Gasteiger partial charge in [-0.3, -0.25) is 4.55 Å². The second-order valence-electron chi connectivity index (χ2n) is 12.2. The highest BCUT2D eigenvalue weighted by atomic mass is 32.2. The lowest BCUT2D eigenvalue weighted by Gasteiger charge is -2.34. The average molecular weight is 662 g/mol. The molecule has 3 N–H and O–H groups in total. The Morgan fingerprint density at radius 3 is 2.31 bits per heavy atom. The summed E-state index contributed by atoms with van der Waals surface area (Å²) >= 11 is 0. The van der Waals surface area contributed by atoms with Gasteiger partial charge < -0.3 is 19.5 Å². The first-order chi connectivity index (χ1) is 23.1. The van der Waals surface area contributed by atoms with Crippen LogP contribution in [0.15, 0.2) is 106 Å². The number of rotatable bonds is 5. The number of nitrogens with zero attached hydrogens (tertiary/aromatic N) is 2. The van der Waals surface area contributed by atoms with Crippen LogP contribution in [0.4, 0.5) is 11.4 Å². The SMILES string of the molecule is O=C(O)C1Cc2ccccc2N1C1C=Cc2c(oc3cc(=[N+]4c5ccccc5CC4C(=O)O)ccc-3c2-c2ccccc2S(=O)(=O)O)C1. The number of carboxylic acids is 2. The molecule has 10 nitrogen and oxygen atoms in total. The molecule has 240 valence electrons. The first kappa shape index (κ1) is 29.9. The Hall–Kier alpha value is -5.52. The first-order valence-corrected chi connectivity index (χ1v) is 16.9. The van der Waals surface area contributed by atoms with E-state index in [1.165, 1.54) is 12.1 Å². The normalized spacial score (nSPS) is 20.8. The molecule has 0 saturated heterocycles. The van der Waals surface area contributed by atoms with E-state index in [2.05, 4.69) is 0 Å². The number of benzene rings is 4. The third-order valence-corrected chi connectivity index (χ3v) is 10.5. The van der Waals surface area contributed by atoms with Crippen molar-refractivity contribution in [2.75, 3.05) is 4.90 Å². The molecule has 0 radical (unpaired) electrons. The van der Waals surface area contributed by atoms with Gasteiger partial charge in [-0.15, -0.1) is 0 Å². The van der Waals surface area contributed by atoms with E-state index in [0.717, 1.165) is 22.5 Å². The molecule has 0 amide bonds. The molecule has 3 aliphatic heterocycles. The number of anilines is 1. The second-order valence-corrected chi connectivity index (χ2v) is 13.6. The third-order valence-electron chi connectivity index (χ3n) is 9.55. The maximum absolute atomic E-state index is 12.6. The fourth-order valence-corrected chi connectivity index (χ4v) is 8.22. The van der Waals surface area contributed by atoms with E-state index in [9.17, 15) is 32.8 Å². The van der Waals surface area contributed by atoms with Crippen molar-refractivity contribution >= 4 is 39.5 Å². The minimum Gasteiger partial charge on any atom is -0.480 e. The smallest absolute Gasteiger partial charge is 0.373 e. The Morgan fingerprint density at radius 1 is 0.812 bits per heavy atom. The number of fused-ring (bicyclic) bond motifs is 4. The fraction of sp³-hybridized carbons (Fsp3) is 0.162. The number of hydrogen-bond donors (Lipinski definition) is 3. The van der Waals surface area contributed by atoms with Gasteiger partial charge in [-0.25, -0.2) is 9.59 Å². The van der Waals surface area contributed by atoms with Crippen molar-refractivity contribution in [1.82, 2.24) is 4.58 Å². The van der Waals surface area contributed by atoms with E-state index in [1.807, 2.05) is 65.6 Å². The number of aliphatic carboxylic acids is 2. The molecule has 3 aromatic rings. The van der Waals surface area contributed by atoms with E-state index in [1.54, 1.807) is 34.9 Å². The molecule has 3 atom stereocenters. The predicted octanol–water partition coefficient (Wildman–Crippen LogP) is 4.87. The number of carboxylic acid groups (broad SMARTS) is 2. The molecular formula is C37H29N2O8S+. The van der Waals surface area contributed by atoms with Crippen molar-refractivity contribution in [2.24, 2.45) is 0 Å². The van der Waals surface area contributed by atoms with Crippen LogP contribution in [0.2, 0.25) is 0 Å². The highest BCUT2D eigenvalue weighted by Crippen LogP contribution is 2.45. The molecule has 0 bridgehead atoms. The van der Waals surface area contributed by atoms with Gasteiger partial charge in [0.05, 0.1) is 18.5 Å². The Labute approximate surface area is 275 Å². The minimum absolute atomic E-state index is 0.266. The zero-order valence-electron chi connectivity index (χ0n) is 25.4. The molecule has 11 heteroatoms. The number of hydrogen-bond acceptors (Lipinski definition) is 6. The summed E-state index contributed by atoms with van der Waals surface area (Å²) in [7, 11) is -4.62. The van der Waals surface area contributed by atoms with E-state index in [4.69, 9.17) is 4.42 Å². The first-order valence-electron chi connectivity index (χ1n) is 15.5. The van der Waals surface area contributed by atoms with E-state index in [-0.39, 0.29) is 16.9 Å². The zero-order valence-corrected chi connectivity index (χ0v) is 26.2. The molecule has 3 unspecified atom stereocenters. The maximum atomic E-state index is 12.6. The maximum Gasteiger partial charge on any atom is 0.373 e. The van der Waals surface area contributed by atoms with Crippen LogP contribution in [0.1, 0.15) is 22.5 Å². The van der Waals surface area contributed by atoms with E-state index in [0.29, 0.717) is 46.4 Å².